The van der Waals surface area contributed by atoms with Gasteiger partial charge in [0.25, 0.3) is 11.8 Å². The van der Waals surface area contributed by atoms with E-state index in [0.717, 1.165) is 23.5 Å². The molecule has 0 radical (unpaired) electrons. The fraction of sp³-hybridized carbons (Fsp3) is 0.231. The smallest absolute Gasteiger partial charge is 0.294 e. The average Bonchev–Trinajstić information content (AvgIpc) is 2.95. The van der Waals surface area contributed by atoms with E-state index in [4.69, 9.17) is 9.05 Å². The predicted molar refractivity (Wildman–Crippen MR) is 74.0 cm³/mol. The Labute approximate surface area is 123 Å². The molecule has 1 aliphatic carbocycles. The highest BCUT2D eigenvalue weighted by Crippen LogP contribution is 2.40. The van der Waals surface area contributed by atoms with E-state index in [9.17, 15) is 4.79 Å². The van der Waals surface area contributed by atoms with Gasteiger partial charge in [-0.25, -0.2) is 0 Å². The molecular formula is C13H10N4O3S. The number of carbonyl (C=O) groups is 1. The summed E-state index contributed by atoms with van der Waals surface area (Å²) in [6.07, 6.45) is 3.64. The van der Waals surface area contributed by atoms with Gasteiger partial charge in [-0.2, -0.15) is 4.98 Å². The third kappa shape index (κ3) is 2.33. The second kappa shape index (κ2) is 4.81. The Morgan fingerprint density at radius 2 is 2.24 bits per heavy atom. The quantitative estimate of drug-likeness (QED) is 0.796. The van der Waals surface area contributed by atoms with Crippen LogP contribution in [-0.2, 0) is 0 Å². The molecule has 8 heteroatoms. The Hall–Kier alpha value is -2.48. The number of hydrogen-bond donors (Lipinski definition) is 1. The number of rotatable bonds is 4. The van der Waals surface area contributed by atoms with Gasteiger partial charge in [0.1, 0.15) is 4.88 Å². The zero-order valence-electron chi connectivity index (χ0n) is 10.8. The SMILES string of the molecule is O=C(Nc1ccsc1-c1nc(C2CC2)no1)c1ccno1. The van der Waals surface area contributed by atoms with Crippen LogP contribution in [0.5, 0.6) is 0 Å². The molecule has 1 N–H and O–H groups in total. The Morgan fingerprint density at radius 1 is 1.33 bits per heavy atom. The van der Waals surface area contributed by atoms with E-state index < -0.39 is 0 Å². The van der Waals surface area contributed by atoms with Crippen molar-refractivity contribution in [1.29, 1.82) is 0 Å². The van der Waals surface area contributed by atoms with Crippen LogP contribution >= 0.6 is 11.3 Å². The highest BCUT2D eigenvalue weighted by molar-refractivity contribution is 7.14. The van der Waals surface area contributed by atoms with Gasteiger partial charge in [0.2, 0.25) is 5.76 Å². The Kier molecular flexibility index (Phi) is 2.81. The summed E-state index contributed by atoms with van der Waals surface area (Å²) < 4.78 is 10.1. The summed E-state index contributed by atoms with van der Waals surface area (Å²) in [4.78, 5) is 17.1. The topological polar surface area (TPSA) is 94.1 Å². The van der Waals surface area contributed by atoms with Gasteiger partial charge in [-0.05, 0) is 24.3 Å². The van der Waals surface area contributed by atoms with Crippen molar-refractivity contribution < 1.29 is 13.8 Å². The first-order valence-corrected chi connectivity index (χ1v) is 7.33. The summed E-state index contributed by atoms with van der Waals surface area (Å²) in [5.41, 5.74) is 0.618. The molecule has 3 heterocycles. The Balaban J connectivity index is 1.59. The lowest BCUT2D eigenvalue weighted by molar-refractivity contribution is 0.0988. The molecule has 4 rings (SSSR count). The van der Waals surface area contributed by atoms with Crippen LogP contribution in [0.25, 0.3) is 10.8 Å². The van der Waals surface area contributed by atoms with Crippen LogP contribution in [0.4, 0.5) is 5.69 Å². The van der Waals surface area contributed by atoms with E-state index >= 15 is 0 Å². The highest BCUT2D eigenvalue weighted by atomic mass is 32.1. The minimum atomic E-state index is -0.367. The minimum Gasteiger partial charge on any atom is -0.351 e. The summed E-state index contributed by atoms with van der Waals surface area (Å²) in [6.45, 7) is 0. The molecule has 7 nitrogen and oxygen atoms in total. The number of amides is 1. The van der Waals surface area contributed by atoms with Crippen LogP contribution in [-0.4, -0.2) is 21.2 Å². The van der Waals surface area contributed by atoms with Crippen molar-refractivity contribution in [3.05, 3.63) is 35.3 Å². The predicted octanol–water partition coefficient (Wildman–Crippen LogP) is 2.92. The highest BCUT2D eigenvalue weighted by Gasteiger charge is 2.29. The van der Waals surface area contributed by atoms with E-state index in [1.807, 2.05) is 5.38 Å². The van der Waals surface area contributed by atoms with Crippen LogP contribution in [0.1, 0.15) is 35.1 Å². The lowest BCUT2D eigenvalue weighted by Crippen LogP contribution is -2.10. The third-order valence-electron chi connectivity index (χ3n) is 3.15. The first kappa shape index (κ1) is 12.3. The molecule has 3 aromatic rings. The molecule has 1 amide bonds. The van der Waals surface area contributed by atoms with Crippen molar-refractivity contribution in [2.45, 2.75) is 18.8 Å². The lowest BCUT2D eigenvalue weighted by Gasteiger charge is -2.01. The fourth-order valence-corrected chi connectivity index (χ4v) is 2.69. The molecule has 0 aromatic carbocycles. The van der Waals surface area contributed by atoms with Gasteiger partial charge in [-0.1, -0.05) is 10.3 Å². The van der Waals surface area contributed by atoms with Crippen molar-refractivity contribution in [1.82, 2.24) is 15.3 Å². The van der Waals surface area contributed by atoms with Crippen molar-refractivity contribution >= 4 is 22.9 Å². The molecule has 0 atom stereocenters. The molecule has 0 saturated heterocycles. The minimum absolute atomic E-state index is 0.149. The van der Waals surface area contributed by atoms with E-state index in [-0.39, 0.29) is 11.7 Å². The first-order chi connectivity index (χ1) is 10.3. The van der Waals surface area contributed by atoms with Gasteiger partial charge in [0.05, 0.1) is 11.9 Å². The summed E-state index contributed by atoms with van der Waals surface area (Å²) in [5, 5.41) is 12.1. The zero-order valence-corrected chi connectivity index (χ0v) is 11.6. The number of hydrogen-bond acceptors (Lipinski definition) is 7. The van der Waals surface area contributed by atoms with Gasteiger partial charge >= 0.3 is 0 Å². The van der Waals surface area contributed by atoms with E-state index in [1.165, 1.54) is 23.6 Å². The number of nitrogens with zero attached hydrogens (tertiary/aromatic N) is 3. The molecule has 1 fully saturated rings. The van der Waals surface area contributed by atoms with Crippen molar-refractivity contribution in [3.63, 3.8) is 0 Å². The van der Waals surface area contributed by atoms with Gasteiger partial charge in [0, 0.05) is 12.0 Å². The third-order valence-corrected chi connectivity index (χ3v) is 4.06. The van der Waals surface area contributed by atoms with E-state index in [1.54, 1.807) is 6.07 Å². The van der Waals surface area contributed by atoms with Crippen LogP contribution in [0.2, 0.25) is 0 Å². The molecule has 106 valence electrons. The van der Waals surface area contributed by atoms with Gasteiger partial charge < -0.3 is 14.4 Å². The van der Waals surface area contributed by atoms with Crippen molar-refractivity contribution in [3.8, 4) is 10.8 Å². The normalized spacial score (nSPS) is 14.3. The second-order valence-electron chi connectivity index (χ2n) is 4.73. The van der Waals surface area contributed by atoms with Crippen LogP contribution in [0.15, 0.2) is 32.8 Å². The zero-order chi connectivity index (χ0) is 14.2. The maximum Gasteiger partial charge on any atom is 0.294 e. The lowest BCUT2D eigenvalue weighted by atomic mass is 10.3. The summed E-state index contributed by atoms with van der Waals surface area (Å²) >= 11 is 1.43. The average molecular weight is 302 g/mol. The second-order valence-corrected chi connectivity index (χ2v) is 5.64. The molecule has 1 aliphatic rings. The number of aromatic nitrogens is 3. The Morgan fingerprint density at radius 3 is 3.00 bits per heavy atom. The van der Waals surface area contributed by atoms with Gasteiger partial charge in [0.15, 0.2) is 5.82 Å². The maximum absolute atomic E-state index is 12.0. The van der Waals surface area contributed by atoms with E-state index in [0.29, 0.717) is 17.5 Å². The monoisotopic (exact) mass is 302 g/mol. The van der Waals surface area contributed by atoms with Gasteiger partial charge in [-0.3, -0.25) is 4.79 Å². The van der Waals surface area contributed by atoms with E-state index in [2.05, 4.69) is 20.6 Å². The summed E-state index contributed by atoms with van der Waals surface area (Å²) in [6, 6.07) is 3.29. The largest absolute Gasteiger partial charge is 0.351 e. The van der Waals surface area contributed by atoms with Crippen LogP contribution < -0.4 is 5.32 Å². The number of anilines is 1. The van der Waals surface area contributed by atoms with Crippen molar-refractivity contribution in [2.75, 3.05) is 5.32 Å². The van der Waals surface area contributed by atoms with Crippen LogP contribution in [0.3, 0.4) is 0 Å². The Bertz CT molecular complexity index is 773. The summed E-state index contributed by atoms with van der Waals surface area (Å²) in [7, 11) is 0. The molecule has 0 bridgehead atoms. The molecule has 1 saturated carbocycles. The van der Waals surface area contributed by atoms with Crippen molar-refractivity contribution in [2.24, 2.45) is 0 Å². The molecular weight excluding hydrogens is 292 g/mol. The standard InChI is InChI=1S/C13H10N4O3S/c18-12(9-3-5-14-19-9)15-8-4-6-21-10(8)13-16-11(17-20-13)7-1-2-7/h3-7H,1-2H2,(H,15,18). The first-order valence-electron chi connectivity index (χ1n) is 6.45. The number of carbonyl (C=O) groups excluding carboxylic acids is 1. The molecule has 0 spiro atoms. The number of nitrogens with one attached hydrogen (secondary N) is 1. The summed E-state index contributed by atoms with van der Waals surface area (Å²) in [5.74, 6) is 1.38. The van der Waals surface area contributed by atoms with Gasteiger partial charge in [-0.15, -0.1) is 11.3 Å². The maximum atomic E-state index is 12.0. The number of thiophene rings is 1. The molecule has 0 aliphatic heterocycles. The van der Waals surface area contributed by atoms with Crippen LogP contribution in [0, 0.1) is 0 Å². The molecule has 0 unspecified atom stereocenters. The fourth-order valence-electron chi connectivity index (χ4n) is 1.92. The molecule has 21 heavy (non-hydrogen) atoms. The molecule has 3 aromatic heterocycles.